The van der Waals surface area contributed by atoms with Gasteiger partial charge in [-0.25, -0.2) is 0 Å². The number of hydrogen-bond donors (Lipinski definition) is 0. The average molecular weight is 268 g/mol. The maximum absolute atomic E-state index is 12.1. The van der Waals surface area contributed by atoms with Gasteiger partial charge in [0.1, 0.15) is 0 Å². The number of amides is 2. The van der Waals surface area contributed by atoms with Gasteiger partial charge in [0.25, 0.3) is 0 Å². The van der Waals surface area contributed by atoms with E-state index in [0.29, 0.717) is 38.5 Å². The number of rotatable bonds is 3. The van der Waals surface area contributed by atoms with Gasteiger partial charge >= 0.3 is 0 Å². The molecule has 0 aromatic heterocycles. The number of carbonyl (C=O) groups is 2. The van der Waals surface area contributed by atoms with E-state index in [9.17, 15) is 9.59 Å². The van der Waals surface area contributed by atoms with Crippen molar-refractivity contribution in [3.8, 4) is 0 Å². The van der Waals surface area contributed by atoms with Gasteiger partial charge in [0.2, 0.25) is 11.8 Å². The Balaban J connectivity index is 1.67. The lowest BCUT2D eigenvalue weighted by Crippen LogP contribution is -2.50. The molecule has 19 heavy (non-hydrogen) atoms. The third kappa shape index (κ3) is 4.20. The Morgan fingerprint density at radius 1 is 1.05 bits per heavy atom. The van der Waals surface area contributed by atoms with Gasteiger partial charge in [-0.3, -0.25) is 9.59 Å². The van der Waals surface area contributed by atoms with E-state index >= 15 is 0 Å². The lowest BCUT2D eigenvalue weighted by Gasteiger charge is -2.34. The summed E-state index contributed by atoms with van der Waals surface area (Å²) in [5.74, 6) is 1.00. The van der Waals surface area contributed by atoms with Crippen LogP contribution >= 0.6 is 0 Å². The fraction of sp³-hybridized carbons (Fsp3) is 0.857. The van der Waals surface area contributed by atoms with Crippen molar-refractivity contribution in [2.45, 2.75) is 32.6 Å². The predicted octanol–water partition coefficient (Wildman–Crippen LogP) is 0.884. The molecule has 0 aromatic rings. The summed E-state index contributed by atoms with van der Waals surface area (Å²) in [6, 6.07) is 0. The second kappa shape index (κ2) is 6.89. The molecule has 2 saturated heterocycles. The van der Waals surface area contributed by atoms with E-state index in [1.165, 1.54) is 0 Å². The number of nitrogens with zero attached hydrogens (tertiary/aromatic N) is 2. The highest BCUT2D eigenvalue weighted by Crippen LogP contribution is 2.20. The van der Waals surface area contributed by atoms with Crippen LogP contribution in [0, 0.1) is 5.92 Å². The third-order valence-corrected chi connectivity index (χ3v) is 4.19. The van der Waals surface area contributed by atoms with Crippen molar-refractivity contribution in [1.82, 2.24) is 9.80 Å². The molecule has 5 nitrogen and oxygen atoms in total. The van der Waals surface area contributed by atoms with Crippen molar-refractivity contribution >= 4 is 11.8 Å². The monoisotopic (exact) mass is 268 g/mol. The fourth-order valence-electron chi connectivity index (χ4n) is 2.79. The Morgan fingerprint density at radius 3 is 2.21 bits per heavy atom. The van der Waals surface area contributed by atoms with E-state index in [4.69, 9.17) is 4.74 Å². The van der Waals surface area contributed by atoms with E-state index in [-0.39, 0.29) is 11.8 Å². The largest absolute Gasteiger partial charge is 0.381 e. The Morgan fingerprint density at radius 2 is 1.63 bits per heavy atom. The molecule has 0 bridgehead atoms. The van der Waals surface area contributed by atoms with Crippen LogP contribution in [0.1, 0.15) is 32.6 Å². The molecule has 2 rings (SSSR count). The molecule has 0 unspecified atom stereocenters. The van der Waals surface area contributed by atoms with Gasteiger partial charge in [-0.1, -0.05) is 0 Å². The van der Waals surface area contributed by atoms with Crippen molar-refractivity contribution in [1.29, 1.82) is 0 Å². The van der Waals surface area contributed by atoms with Crippen LogP contribution < -0.4 is 0 Å². The molecule has 0 atom stereocenters. The zero-order valence-electron chi connectivity index (χ0n) is 11.8. The minimum absolute atomic E-state index is 0.106. The zero-order valence-corrected chi connectivity index (χ0v) is 11.8. The summed E-state index contributed by atoms with van der Waals surface area (Å²) < 4.78 is 5.32. The molecular weight excluding hydrogens is 244 g/mol. The average Bonchev–Trinajstić information content (AvgIpc) is 2.46. The smallest absolute Gasteiger partial charge is 0.222 e. The summed E-state index contributed by atoms with van der Waals surface area (Å²) in [7, 11) is 0. The maximum atomic E-state index is 12.1. The molecule has 2 aliphatic heterocycles. The molecule has 108 valence electrons. The van der Waals surface area contributed by atoms with Crippen molar-refractivity contribution in [2.75, 3.05) is 39.4 Å². The molecule has 2 aliphatic rings. The standard InChI is InChI=1S/C14H24N2O3/c1-12(17)15-6-8-16(9-7-15)14(18)3-2-13-4-10-19-11-5-13/h13H,2-11H2,1H3. The van der Waals surface area contributed by atoms with Crippen LogP contribution in [-0.4, -0.2) is 61.0 Å². The second-order valence-corrected chi connectivity index (χ2v) is 5.48. The van der Waals surface area contributed by atoms with Crippen molar-refractivity contribution < 1.29 is 14.3 Å². The third-order valence-electron chi connectivity index (χ3n) is 4.19. The van der Waals surface area contributed by atoms with E-state index in [2.05, 4.69) is 0 Å². The fourth-order valence-corrected chi connectivity index (χ4v) is 2.79. The Bertz CT molecular complexity index is 319. The molecule has 0 aromatic carbocycles. The number of ether oxygens (including phenoxy) is 1. The van der Waals surface area contributed by atoms with Crippen molar-refractivity contribution in [3.05, 3.63) is 0 Å². The van der Waals surface area contributed by atoms with Gasteiger partial charge in [-0.2, -0.15) is 0 Å². The summed E-state index contributed by atoms with van der Waals surface area (Å²) in [5, 5.41) is 0. The van der Waals surface area contributed by atoms with Crippen LogP contribution in [0.3, 0.4) is 0 Å². The highest BCUT2D eigenvalue weighted by molar-refractivity contribution is 5.77. The lowest BCUT2D eigenvalue weighted by molar-refractivity contribution is -0.138. The lowest BCUT2D eigenvalue weighted by atomic mass is 9.94. The summed E-state index contributed by atoms with van der Waals surface area (Å²) >= 11 is 0. The van der Waals surface area contributed by atoms with Crippen LogP contribution in [0.2, 0.25) is 0 Å². The highest BCUT2D eigenvalue weighted by Gasteiger charge is 2.23. The zero-order chi connectivity index (χ0) is 13.7. The first-order valence-electron chi connectivity index (χ1n) is 7.28. The van der Waals surface area contributed by atoms with Crippen LogP contribution in [0.5, 0.6) is 0 Å². The summed E-state index contributed by atoms with van der Waals surface area (Å²) in [5.41, 5.74) is 0. The van der Waals surface area contributed by atoms with E-state index < -0.39 is 0 Å². The molecule has 2 amide bonds. The molecular formula is C14H24N2O3. The van der Waals surface area contributed by atoms with Crippen LogP contribution in [0.4, 0.5) is 0 Å². The Hall–Kier alpha value is -1.10. The minimum atomic E-state index is 0.106. The molecule has 0 radical (unpaired) electrons. The van der Waals surface area contributed by atoms with Gasteiger partial charge in [0, 0.05) is 52.7 Å². The quantitative estimate of drug-likeness (QED) is 0.763. The molecule has 0 aliphatic carbocycles. The molecule has 2 fully saturated rings. The summed E-state index contributed by atoms with van der Waals surface area (Å²) in [6.07, 6.45) is 3.80. The van der Waals surface area contributed by atoms with Crippen LogP contribution in [0.25, 0.3) is 0 Å². The van der Waals surface area contributed by atoms with Gasteiger partial charge < -0.3 is 14.5 Å². The second-order valence-electron chi connectivity index (χ2n) is 5.48. The van der Waals surface area contributed by atoms with Gasteiger partial charge in [0.15, 0.2) is 0 Å². The van der Waals surface area contributed by atoms with Crippen LogP contribution in [-0.2, 0) is 14.3 Å². The van der Waals surface area contributed by atoms with Gasteiger partial charge in [-0.15, -0.1) is 0 Å². The van der Waals surface area contributed by atoms with Gasteiger partial charge in [0.05, 0.1) is 0 Å². The number of hydrogen-bond acceptors (Lipinski definition) is 3. The Labute approximate surface area is 114 Å². The van der Waals surface area contributed by atoms with E-state index in [1.807, 2.05) is 9.80 Å². The minimum Gasteiger partial charge on any atom is -0.381 e. The first-order valence-corrected chi connectivity index (χ1v) is 7.28. The highest BCUT2D eigenvalue weighted by atomic mass is 16.5. The topological polar surface area (TPSA) is 49.9 Å². The van der Waals surface area contributed by atoms with E-state index in [1.54, 1.807) is 6.92 Å². The SMILES string of the molecule is CC(=O)N1CCN(C(=O)CCC2CCOCC2)CC1. The van der Waals surface area contributed by atoms with Crippen molar-refractivity contribution in [3.63, 3.8) is 0 Å². The van der Waals surface area contributed by atoms with Crippen LogP contribution in [0.15, 0.2) is 0 Å². The summed E-state index contributed by atoms with van der Waals surface area (Å²) in [6.45, 7) is 6.00. The Kier molecular flexibility index (Phi) is 5.19. The molecule has 5 heteroatoms. The first kappa shape index (κ1) is 14.3. The van der Waals surface area contributed by atoms with Crippen molar-refractivity contribution in [2.24, 2.45) is 5.92 Å². The maximum Gasteiger partial charge on any atom is 0.222 e. The number of carbonyl (C=O) groups excluding carboxylic acids is 2. The summed E-state index contributed by atoms with van der Waals surface area (Å²) in [4.78, 5) is 27.0. The molecule has 0 saturated carbocycles. The first-order chi connectivity index (χ1) is 9.16. The molecule has 0 N–H and O–H groups in total. The molecule has 2 heterocycles. The number of piperazine rings is 1. The van der Waals surface area contributed by atoms with Gasteiger partial charge in [-0.05, 0) is 25.2 Å². The van der Waals surface area contributed by atoms with E-state index in [0.717, 1.165) is 32.5 Å². The molecule has 0 spiro atoms. The predicted molar refractivity (Wildman–Crippen MR) is 71.6 cm³/mol. The normalized spacial score (nSPS) is 21.5.